The van der Waals surface area contributed by atoms with Crippen LogP contribution in [0.2, 0.25) is 0 Å². The summed E-state index contributed by atoms with van der Waals surface area (Å²) < 4.78 is 5.84. The molecule has 0 saturated heterocycles. The Labute approximate surface area is 170 Å². The van der Waals surface area contributed by atoms with Gasteiger partial charge in [0.15, 0.2) is 5.60 Å². The first-order chi connectivity index (χ1) is 14.0. The second-order valence-corrected chi connectivity index (χ2v) is 7.45. The van der Waals surface area contributed by atoms with Crippen LogP contribution in [0.25, 0.3) is 10.9 Å². The fraction of sp³-hybridized carbons (Fsp3) is 0.250. The van der Waals surface area contributed by atoms with Crippen molar-refractivity contribution in [3.63, 3.8) is 0 Å². The minimum Gasteiger partial charge on any atom is -0.433 e. The lowest BCUT2D eigenvalue weighted by Crippen LogP contribution is -2.34. The molecule has 3 aromatic rings. The predicted octanol–water partition coefficient (Wildman–Crippen LogP) is 3.58. The summed E-state index contributed by atoms with van der Waals surface area (Å²) in [5.41, 5.74) is 9.52. The van der Waals surface area contributed by atoms with Crippen LogP contribution in [-0.2, 0) is 23.3 Å². The Kier molecular flexibility index (Phi) is 4.96. The SMILES string of the molecule is C#CCN(C)Cc1ccc([C@@]2(OC(N)=O)CCc3ccccc32)c2ncccc12. The zero-order valence-electron chi connectivity index (χ0n) is 16.4. The minimum atomic E-state index is -0.932. The monoisotopic (exact) mass is 385 g/mol. The number of hydrogen-bond donors (Lipinski definition) is 1. The Hall–Kier alpha value is -3.36. The van der Waals surface area contributed by atoms with E-state index in [0.29, 0.717) is 19.5 Å². The van der Waals surface area contributed by atoms with Gasteiger partial charge in [0.05, 0.1) is 12.1 Å². The molecule has 0 bridgehead atoms. The maximum absolute atomic E-state index is 11.9. The average Bonchev–Trinajstić information content (AvgIpc) is 3.07. The molecule has 29 heavy (non-hydrogen) atoms. The molecule has 1 atom stereocenters. The normalized spacial score (nSPS) is 17.8. The molecule has 2 aromatic carbocycles. The number of ether oxygens (including phenoxy) is 1. The van der Waals surface area contributed by atoms with Crippen LogP contribution < -0.4 is 5.73 Å². The first-order valence-electron chi connectivity index (χ1n) is 9.61. The number of primary amides is 1. The van der Waals surface area contributed by atoms with E-state index in [1.165, 1.54) is 0 Å². The fourth-order valence-corrected chi connectivity index (χ4v) is 4.39. The summed E-state index contributed by atoms with van der Waals surface area (Å²) in [4.78, 5) is 18.7. The van der Waals surface area contributed by atoms with E-state index < -0.39 is 11.7 Å². The largest absolute Gasteiger partial charge is 0.433 e. The number of fused-ring (bicyclic) bond motifs is 2. The Balaban J connectivity index is 1.91. The van der Waals surface area contributed by atoms with Gasteiger partial charge in [-0.15, -0.1) is 6.42 Å². The van der Waals surface area contributed by atoms with E-state index in [2.05, 4.69) is 27.9 Å². The topological polar surface area (TPSA) is 68.5 Å². The van der Waals surface area contributed by atoms with E-state index in [1.54, 1.807) is 6.20 Å². The zero-order valence-corrected chi connectivity index (χ0v) is 16.4. The Morgan fingerprint density at radius 2 is 2.07 bits per heavy atom. The van der Waals surface area contributed by atoms with Crippen molar-refractivity contribution in [2.45, 2.75) is 25.0 Å². The van der Waals surface area contributed by atoms with Crippen LogP contribution in [0.1, 0.15) is 28.7 Å². The summed E-state index contributed by atoms with van der Waals surface area (Å²) in [5, 5.41) is 1.02. The van der Waals surface area contributed by atoms with Crippen molar-refractivity contribution in [1.29, 1.82) is 0 Å². The maximum Gasteiger partial charge on any atom is 0.405 e. The number of aromatic nitrogens is 1. The molecule has 1 aliphatic rings. The Morgan fingerprint density at radius 3 is 2.86 bits per heavy atom. The van der Waals surface area contributed by atoms with Gasteiger partial charge in [0.1, 0.15) is 0 Å². The van der Waals surface area contributed by atoms with Crippen molar-refractivity contribution in [3.05, 3.63) is 77.0 Å². The minimum absolute atomic E-state index is 0.561. The molecule has 1 aromatic heterocycles. The summed E-state index contributed by atoms with van der Waals surface area (Å²) >= 11 is 0. The van der Waals surface area contributed by atoms with Crippen LogP contribution in [-0.4, -0.2) is 29.6 Å². The number of pyridine rings is 1. The van der Waals surface area contributed by atoms with E-state index in [4.69, 9.17) is 16.9 Å². The Morgan fingerprint density at radius 1 is 1.24 bits per heavy atom. The highest BCUT2D eigenvalue weighted by Crippen LogP contribution is 2.47. The van der Waals surface area contributed by atoms with Crippen molar-refractivity contribution in [2.75, 3.05) is 13.6 Å². The number of amides is 1. The third-order valence-corrected chi connectivity index (χ3v) is 5.57. The molecule has 2 N–H and O–H groups in total. The number of benzene rings is 2. The lowest BCUT2D eigenvalue weighted by molar-refractivity contribution is 0.0476. The van der Waals surface area contributed by atoms with Crippen molar-refractivity contribution in [2.24, 2.45) is 5.73 Å². The second-order valence-electron chi connectivity index (χ2n) is 7.45. The number of carbonyl (C=O) groups excluding carboxylic acids is 1. The van der Waals surface area contributed by atoms with Crippen molar-refractivity contribution >= 4 is 17.0 Å². The van der Waals surface area contributed by atoms with Gasteiger partial charge in [-0.25, -0.2) is 4.79 Å². The number of terminal acetylenes is 1. The molecule has 0 radical (unpaired) electrons. The number of nitrogens with zero attached hydrogens (tertiary/aromatic N) is 2. The highest BCUT2D eigenvalue weighted by Gasteiger charge is 2.45. The molecule has 0 spiro atoms. The lowest BCUT2D eigenvalue weighted by atomic mass is 9.85. The highest BCUT2D eigenvalue weighted by molar-refractivity contribution is 5.87. The van der Waals surface area contributed by atoms with Gasteiger partial charge < -0.3 is 10.5 Å². The third-order valence-electron chi connectivity index (χ3n) is 5.57. The number of carbonyl (C=O) groups is 1. The van der Waals surface area contributed by atoms with Gasteiger partial charge in [0.25, 0.3) is 0 Å². The zero-order chi connectivity index (χ0) is 20.4. The fourth-order valence-electron chi connectivity index (χ4n) is 4.39. The molecule has 1 aliphatic carbocycles. The van der Waals surface area contributed by atoms with Gasteiger partial charge in [0, 0.05) is 35.7 Å². The van der Waals surface area contributed by atoms with Crippen LogP contribution >= 0.6 is 0 Å². The highest BCUT2D eigenvalue weighted by atomic mass is 16.6. The van der Waals surface area contributed by atoms with Gasteiger partial charge in [-0.2, -0.15) is 0 Å². The van der Waals surface area contributed by atoms with Crippen LogP contribution in [0.5, 0.6) is 0 Å². The van der Waals surface area contributed by atoms with Gasteiger partial charge >= 0.3 is 6.09 Å². The summed E-state index contributed by atoms with van der Waals surface area (Å²) in [6, 6.07) is 16.1. The molecule has 0 fully saturated rings. The molecular weight excluding hydrogens is 362 g/mol. The van der Waals surface area contributed by atoms with Crippen LogP contribution in [0.4, 0.5) is 4.79 Å². The summed E-state index contributed by atoms with van der Waals surface area (Å²) in [6.07, 6.45) is 7.87. The van der Waals surface area contributed by atoms with Crippen molar-refractivity contribution in [3.8, 4) is 12.3 Å². The van der Waals surface area contributed by atoms with Crippen molar-refractivity contribution < 1.29 is 9.53 Å². The first kappa shape index (κ1) is 19.0. The standard InChI is InChI=1S/C24H23N3O2/c1-3-15-27(2)16-18-10-11-21(22-19(18)8-6-14-26-22)24(29-23(25)28)13-12-17-7-4-5-9-20(17)24/h1,4-11,14H,12-13,15-16H2,2H3,(H2,25,28)/t24-/m1/s1. The third kappa shape index (κ3) is 3.32. The molecule has 0 aliphatic heterocycles. The lowest BCUT2D eigenvalue weighted by Gasteiger charge is -2.31. The number of hydrogen-bond acceptors (Lipinski definition) is 4. The van der Waals surface area contributed by atoms with Gasteiger partial charge in [-0.1, -0.05) is 48.4 Å². The number of aryl methyl sites for hydroxylation is 1. The molecule has 5 heteroatoms. The van der Waals surface area contributed by atoms with E-state index >= 15 is 0 Å². The van der Waals surface area contributed by atoms with Gasteiger partial charge in [-0.3, -0.25) is 9.88 Å². The Bertz CT molecular complexity index is 1120. The molecule has 0 unspecified atom stereocenters. The molecule has 1 heterocycles. The number of nitrogens with two attached hydrogens (primary N) is 1. The molecule has 4 rings (SSSR count). The molecule has 0 saturated carbocycles. The van der Waals surface area contributed by atoms with E-state index in [9.17, 15) is 4.79 Å². The number of rotatable bonds is 5. The van der Waals surface area contributed by atoms with Crippen molar-refractivity contribution in [1.82, 2.24) is 9.88 Å². The first-order valence-corrected chi connectivity index (χ1v) is 9.61. The predicted molar refractivity (Wildman–Crippen MR) is 113 cm³/mol. The smallest absolute Gasteiger partial charge is 0.405 e. The molecule has 146 valence electrons. The van der Waals surface area contributed by atoms with E-state index in [0.717, 1.165) is 39.6 Å². The van der Waals surface area contributed by atoms with Crippen LogP contribution in [0, 0.1) is 12.3 Å². The van der Waals surface area contributed by atoms with Crippen LogP contribution in [0.3, 0.4) is 0 Å². The molecule has 1 amide bonds. The van der Waals surface area contributed by atoms with E-state index in [1.807, 2.05) is 43.4 Å². The van der Waals surface area contributed by atoms with E-state index in [-0.39, 0.29) is 0 Å². The van der Waals surface area contributed by atoms with Gasteiger partial charge in [0.2, 0.25) is 0 Å². The summed E-state index contributed by atoms with van der Waals surface area (Å²) in [6.45, 7) is 1.26. The maximum atomic E-state index is 11.9. The average molecular weight is 385 g/mol. The quantitative estimate of drug-likeness (QED) is 0.682. The second kappa shape index (κ2) is 7.57. The molecule has 5 nitrogen and oxygen atoms in total. The van der Waals surface area contributed by atoms with Crippen LogP contribution in [0.15, 0.2) is 54.7 Å². The van der Waals surface area contributed by atoms with Gasteiger partial charge in [-0.05, 0) is 30.7 Å². The molecular formula is C24H23N3O2. The summed E-state index contributed by atoms with van der Waals surface area (Å²) in [7, 11) is 1.99. The summed E-state index contributed by atoms with van der Waals surface area (Å²) in [5.74, 6) is 2.67.